The van der Waals surface area contributed by atoms with Crippen LogP contribution in [-0.2, 0) is 0 Å². The van der Waals surface area contributed by atoms with Crippen molar-refractivity contribution in [3.63, 3.8) is 0 Å². The zero-order chi connectivity index (χ0) is 45.4. The van der Waals surface area contributed by atoms with Crippen LogP contribution in [0.2, 0.25) is 0 Å². The lowest BCUT2D eigenvalue weighted by Crippen LogP contribution is -2.10. The molecule has 0 aliphatic heterocycles. The molecular weight excluding hydrogens is 853 g/mol. The Morgan fingerprint density at radius 3 is 1.43 bits per heavy atom. The van der Waals surface area contributed by atoms with Gasteiger partial charge in [0.1, 0.15) is 0 Å². The summed E-state index contributed by atoms with van der Waals surface area (Å²) >= 11 is 1.89. The molecule has 2 aromatic heterocycles. The van der Waals surface area contributed by atoms with Crippen molar-refractivity contribution in [2.45, 2.75) is 0 Å². The van der Waals surface area contributed by atoms with Crippen LogP contribution >= 0.6 is 11.3 Å². The lowest BCUT2D eigenvalue weighted by atomic mass is 9.95. The summed E-state index contributed by atoms with van der Waals surface area (Å²) in [6.45, 7) is 0. The predicted octanol–water partition coefficient (Wildman–Crippen LogP) is 19.1. The molecule has 322 valence electrons. The van der Waals surface area contributed by atoms with Crippen LogP contribution in [0.15, 0.2) is 255 Å². The molecule has 0 aliphatic rings. The number of thiophene rings is 1. The Balaban J connectivity index is 0.865. The lowest BCUT2D eigenvalue weighted by molar-refractivity contribution is 1.18. The number of para-hydroxylation sites is 2. The first-order valence-corrected chi connectivity index (χ1v) is 24.5. The monoisotopic (exact) mass is 894 g/mol. The van der Waals surface area contributed by atoms with Crippen molar-refractivity contribution in [2.24, 2.45) is 0 Å². The second-order valence-corrected chi connectivity index (χ2v) is 19.1. The Morgan fingerprint density at radius 2 is 0.739 bits per heavy atom. The van der Waals surface area contributed by atoms with Crippen LogP contribution < -0.4 is 4.90 Å². The van der Waals surface area contributed by atoms with Crippen LogP contribution in [0.1, 0.15) is 0 Å². The van der Waals surface area contributed by atoms with Crippen molar-refractivity contribution in [3.8, 4) is 39.1 Å². The molecule has 2 nitrogen and oxygen atoms in total. The van der Waals surface area contributed by atoms with Crippen LogP contribution in [0.5, 0.6) is 0 Å². The highest BCUT2D eigenvalue weighted by Crippen LogP contribution is 2.47. The standard InChI is InChI=1S/C66H42N2S/c1-3-18-55-45(12-1)26-27-47-28-29-51(42-61(47)55)49-15-9-14-48(40-49)43-30-35-52(36-31-43)67(64-25-11-22-59-60-39-34-46-13-2-4-19-56(46)65(60)69-66(59)64)53-37-32-44(33-38-53)50-16-10-17-54(41-50)68-62-23-7-5-20-57(62)58-21-6-8-24-63(58)68/h1-42H. The van der Waals surface area contributed by atoms with E-state index in [1.54, 1.807) is 0 Å². The maximum Gasteiger partial charge on any atom is 0.0640 e. The topological polar surface area (TPSA) is 8.17 Å². The number of hydrogen-bond acceptors (Lipinski definition) is 2. The first-order valence-electron chi connectivity index (χ1n) is 23.6. The van der Waals surface area contributed by atoms with E-state index in [1.165, 1.54) is 108 Å². The second-order valence-electron chi connectivity index (χ2n) is 18.1. The minimum atomic E-state index is 1.10. The van der Waals surface area contributed by atoms with Crippen molar-refractivity contribution >= 4 is 103 Å². The fourth-order valence-corrected chi connectivity index (χ4v) is 12.1. The van der Waals surface area contributed by atoms with Gasteiger partial charge in [-0.2, -0.15) is 0 Å². The fraction of sp³-hybridized carbons (Fsp3) is 0. The first-order chi connectivity index (χ1) is 34.2. The van der Waals surface area contributed by atoms with Gasteiger partial charge in [-0.15, -0.1) is 11.3 Å². The smallest absolute Gasteiger partial charge is 0.0640 e. The summed E-state index contributed by atoms with van der Waals surface area (Å²) in [6.07, 6.45) is 0. The van der Waals surface area contributed by atoms with E-state index < -0.39 is 0 Å². The second kappa shape index (κ2) is 16.0. The molecule has 0 aliphatic carbocycles. The number of benzene rings is 12. The summed E-state index contributed by atoms with van der Waals surface area (Å²) in [5, 5.41) is 12.7. The highest BCUT2D eigenvalue weighted by molar-refractivity contribution is 7.27. The van der Waals surface area contributed by atoms with Crippen molar-refractivity contribution in [3.05, 3.63) is 255 Å². The molecule has 0 atom stereocenters. The number of nitrogens with zero attached hydrogens (tertiary/aromatic N) is 2. The molecular formula is C66H42N2S. The van der Waals surface area contributed by atoms with Crippen LogP contribution in [-0.4, -0.2) is 4.57 Å². The molecule has 0 N–H and O–H groups in total. The summed E-state index contributed by atoms with van der Waals surface area (Å²) in [7, 11) is 0. The van der Waals surface area contributed by atoms with Gasteiger partial charge >= 0.3 is 0 Å². The summed E-state index contributed by atoms with van der Waals surface area (Å²) in [4.78, 5) is 2.44. The third-order valence-corrected chi connectivity index (χ3v) is 15.4. The van der Waals surface area contributed by atoms with Crippen molar-refractivity contribution in [1.82, 2.24) is 4.57 Å². The maximum absolute atomic E-state index is 2.44. The van der Waals surface area contributed by atoms with Gasteiger partial charge in [-0.3, -0.25) is 0 Å². The Bertz CT molecular complexity index is 4260. The normalized spacial score (nSPS) is 11.8. The highest BCUT2D eigenvalue weighted by Gasteiger charge is 2.20. The summed E-state index contributed by atoms with van der Waals surface area (Å²) < 4.78 is 4.99. The Labute approximate surface area is 403 Å². The van der Waals surface area contributed by atoms with E-state index in [4.69, 9.17) is 0 Å². The summed E-state index contributed by atoms with van der Waals surface area (Å²) in [5.74, 6) is 0. The van der Waals surface area contributed by atoms with E-state index in [0.717, 1.165) is 22.7 Å². The molecule has 3 heteroatoms. The average molecular weight is 895 g/mol. The molecule has 0 amide bonds. The summed E-state index contributed by atoms with van der Waals surface area (Å²) in [6, 6.07) is 93.7. The maximum atomic E-state index is 2.44. The van der Waals surface area contributed by atoms with Gasteiger partial charge in [-0.25, -0.2) is 0 Å². The van der Waals surface area contributed by atoms with E-state index in [1.807, 2.05) is 11.3 Å². The van der Waals surface area contributed by atoms with Crippen molar-refractivity contribution < 1.29 is 0 Å². The Morgan fingerprint density at radius 1 is 0.275 bits per heavy atom. The predicted molar refractivity (Wildman–Crippen MR) is 297 cm³/mol. The molecule has 0 fully saturated rings. The SMILES string of the molecule is c1cc(-c2ccc(N(c3ccc(-c4cccc(-n5c6ccccc6c6ccccc65)c4)cc3)c3cccc4c3sc3c5ccccc5ccc43)cc2)cc(-c2ccc3ccc4ccccc4c3c2)c1. The van der Waals surface area contributed by atoms with E-state index in [2.05, 4.69) is 264 Å². The number of anilines is 3. The number of rotatable bonds is 7. The van der Waals surface area contributed by atoms with Crippen LogP contribution in [0.3, 0.4) is 0 Å². The number of hydrogen-bond donors (Lipinski definition) is 0. The van der Waals surface area contributed by atoms with E-state index in [0.29, 0.717) is 0 Å². The molecule has 0 spiro atoms. The van der Waals surface area contributed by atoms with E-state index >= 15 is 0 Å². The van der Waals surface area contributed by atoms with Gasteiger partial charge in [0.15, 0.2) is 0 Å². The first kappa shape index (κ1) is 39.4. The van der Waals surface area contributed by atoms with Crippen LogP contribution in [0.4, 0.5) is 17.1 Å². The molecule has 69 heavy (non-hydrogen) atoms. The van der Waals surface area contributed by atoms with Gasteiger partial charge in [-0.1, -0.05) is 188 Å². The van der Waals surface area contributed by atoms with Crippen molar-refractivity contribution in [2.75, 3.05) is 4.90 Å². The highest BCUT2D eigenvalue weighted by atomic mass is 32.1. The van der Waals surface area contributed by atoms with Gasteiger partial charge in [-0.05, 0) is 132 Å². The molecule has 2 heterocycles. The van der Waals surface area contributed by atoms with E-state index in [9.17, 15) is 0 Å². The van der Waals surface area contributed by atoms with E-state index in [-0.39, 0.29) is 0 Å². The van der Waals surface area contributed by atoms with Crippen molar-refractivity contribution in [1.29, 1.82) is 0 Å². The fourth-order valence-electron chi connectivity index (χ4n) is 10.8. The lowest BCUT2D eigenvalue weighted by Gasteiger charge is -2.26. The minimum Gasteiger partial charge on any atom is -0.309 e. The largest absolute Gasteiger partial charge is 0.309 e. The Kier molecular flexibility index (Phi) is 9.11. The molecule has 0 saturated heterocycles. The van der Waals surface area contributed by atoms with Gasteiger partial charge in [0.2, 0.25) is 0 Å². The molecule has 14 rings (SSSR count). The molecule has 0 unspecified atom stereocenters. The zero-order valence-corrected chi connectivity index (χ0v) is 38.4. The molecule has 14 aromatic rings. The summed E-state index contributed by atoms with van der Waals surface area (Å²) in [5.41, 5.74) is 14.1. The van der Waals surface area contributed by atoms with Crippen LogP contribution in [0, 0.1) is 0 Å². The molecule has 12 aromatic carbocycles. The minimum absolute atomic E-state index is 1.10. The Hall–Kier alpha value is -8.76. The number of fused-ring (bicyclic) bond motifs is 11. The third kappa shape index (κ3) is 6.54. The third-order valence-electron chi connectivity index (χ3n) is 14.2. The van der Waals surface area contributed by atoms with Gasteiger partial charge in [0, 0.05) is 43.3 Å². The average Bonchev–Trinajstić information content (AvgIpc) is 3.98. The quantitative estimate of drug-likeness (QED) is 0.145. The number of aromatic nitrogens is 1. The molecule has 0 radical (unpaired) electrons. The van der Waals surface area contributed by atoms with Gasteiger partial charge in [0.25, 0.3) is 0 Å². The molecule has 0 saturated carbocycles. The van der Waals surface area contributed by atoms with Gasteiger partial charge < -0.3 is 9.47 Å². The van der Waals surface area contributed by atoms with Gasteiger partial charge in [0.05, 0.1) is 21.4 Å². The molecule has 0 bridgehead atoms. The van der Waals surface area contributed by atoms with Crippen LogP contribution in [0.25, 0.3) is 113 Å². The zero-order valence-electron chi connectivity index (χ0n) is 37.6.